The SMILES string of the molecule is O=C(CCC(=O)N1CCCCC1C1OCCO1)c1ccc(Br)cc1. The lowest BCUT2D eigenvalue weighted by Gasteiger charge is -2.38. The highest BCUT2D eigenvalue weighted by Gasteiger charge is 2.36. The van der Waals surface area contributed by atoms with Crippen molar-refractivity contribution in [3.05, 3.63) is 34.3 Å². The van der Waals surface area contributed by atoms with E-state index in [4.69, 9.17) is 9.47 Å². The van der Waals surface area contributed by atoms with Gasteiger partial charge < -0.3 is 14.4 Å². The maximum Gasteiger partial charge on any atom is 0.223 e. The van der Waals surface area contributed by atoms with Crippen LogP contribution in [-0.2, 0) is 14.3 Å². The van der Waals surface area contributed by atoms with Gasteiger partial charge in [-0.1, -0.05) is 28.1 Å². The molecule has 2 aliphatic heterocycles. The number of hydrogen-bond acceptors (Lipinski definition) is 4. The number of ketones is 1. The lowest BCUT2D eigenvalue weighted by atomic mass is 10.00. The normalized spacial score (nSPS) is 21.9. The molecule has 0 spiro atoms. The molecule has 6 heteroatoms. The predicted molar refractivity (Wildman–Crippen MR) is 92.8 cm³/mol. The average molecular weight is 396 g/mol. The Hall–Kier alpha value is -1.24. The summed E-state index contributed by atoms with van der Waals surface area (Å²) in [5.74, 6) is 0.0158. The van der Waals surface area contributed by atoms with Crippen molar-refractivity contribution < 1.29 is 19.1 Å². The Bertz CT molecular complexity index is 583. The molecule has 0 radical (unpaired) electrons. The van der Waals surface area contributed by atoms with E-state index in [0.717, 1.165) is 30.3 Å². The van der Waals surface area contributed by atoms with Gasteiger partial charge in [0, 0.05) is 29.4 Å². The summed E-state index contributed by atoms with van der Waals surface area (Å²) in [6.45, 7) is 1.90. The topological polar surface area (TPSA) is 55.8 Å². The molecule has 0 saturated carbocycles. The van der Waals surface area contributed by atoms with E-state index in [1.165, 1.54) is 0 Å². The molecule has 2 saturated heterocycles. The van der Waals surface area contributed by atoms with E-state index in [1.54, 1.807) is 12.1 Å². The fourth-order valence-corrected chi connectivity index (χ4v) is 3.56. The molecule has 5 nitrogen and oxygen atoms in total. The van der Waals surface area contributed by atoms with Crippen molar-refractivity contribution in [3.8, 4) is 0 Å². The molecule has 3 rings (SSSR count). The predicted octanol–water partition coefficient (Wildman–Crippen LogP) is 3.17. The summed E-state index contributed by atoms with van der Waals surface area (Å²) in [4.78, 5) is 26.7. The number of amides is 1. The summed E-state index contributed by atoms with van der Waals surface area (Å²) in [5.41, 5.74) is 0.642. The number of Topliss-reactive ketones (excluding diaryl/α,β-unsaturated/α-hetero) is 1. The molecule has 1 atom stereocenters. The Labute approximate surface area is 150 Å². The minimum absolute atomic E-state index is 0.00206. The van der Waals surface area contributed by atoms with Crippen LogP contribution in [-0.4, -0.2) is 48.7 Å². The Morgan fingerprint density at radius 1 is 1.08 bits per heavy atom. The van der Waals surface area contributed by atoms with Crippen LogP contribution in [0, 0.1) is 0 Å². The van der Waals surface area contributed by atoms with Gasteiger partial charge in [0.1, 0.15) is 0 Å². The highest BCUT2D eigenvalue weighted by molar-refractivity contribution is 9.10. The number of benzene rings is 1. The van der Waals surface area contributed by atoms with Gasteiger partial charge in [-0.2, -0.15) is 0 Å². The number of ether oxygens (including phenoxy) is 2. The van der Waals surface area contributed by atoms with Crippen molar-refractivity contribution in [3.63, 3.8) is 0 Å². The monoisotopic (exact) mass is 395 g/mol. The number of nitrogens with zero attached hydrogens (tertiary/aromatic N) is 1. The smallest absolute Gasteiger partial charge is 0.223 e. The fourth-order valence-electron chi connectivity index (χ4n) is 3.29. The fraction of sp³-hybridized carbons (Fsp3) is 0.556. The van der Waals surface area contributed by atoms with Gasteiger partial charge in [0.2, 0.25) is 5.91 Å². The highest BCUT2D eigenvalue weighted by Crippen LogP contribution is 2.25. The number of halogens is 1. The molecular formula is C18H22BrNO4. The molecular weight excluding hydrogens is 374 g/mol. The molecule has 130 valence electrons. The quantitative estimate of drug-likeness (QED) is 0.718. The molecule has 1 amide bonds. The summed E-state index contributed by atoms with van der Waals surface area (Å²) in [5, 5.41) is 0. The van der Waals surface area contributed by atoms with Crippen molar-refractivity contribution >= 4 is 27.6 Å². The van der Waals surface area contributed by atoms with Crippen molar-refractivity contribution in [2.24, 2.45) is 0 Å². The van der Waals surface area contributed by atoms with Gasteiger partial charge in [0.25, 0.3) is 0 Å². The van der Waals surface area contributed by atoms with Crippen molar-refractivity contribution in [1.29, 1.82) is 0 Å². The van der Waals surface area contributed by atoms with Crippen LogP contribution in [0.5, 0.6) is 0 Å². The first-order valence-electron chi connectivity index (χ1n) is 8.46. The van der Waals surface area contributed by atoms with E-state index in [2.05, 4.69) is 15.9 Å². The number of carbonyl (C=O) groups is 2. The Morgan fingerprint density at radius 3 is 2.50 bits per heavy atom. The van der Waals surface area contributed by atoms with E-state index < -0.39 is 0 Å². The first kappa shape index (κ1) is 17.6. The highest BCUT2D eigenvalue weighted by atomic mass is 79.9. The number of piperidine rings is 1. The summed E-state index contributed by atoms with van der Waals surface area (Å²) < 4.78 is 12.1. The lowest BCUT2D eigenvalue weighted by molar-refractivity contribution is -0.150. The van der Waals surface area contributed by atoms with E-state index in [0.29, 0.717) is 18.8 Å². The van der Waals surface area contributed by atoms with Crippen molar-refractivity contribution in [2.45, 2.75) is 44.4 Å². The zero-order valence-corrected chi connectivity index (χ0v) is 15.2. The molecule has 0 N–H and O–H groups in total. The van der Waals surface area contributed by atoms with Gasteiger partial charge in [-0.3, -0.25) is 9.59 Å². The van der Waals surface area contributed by atoms with Crippen LogP contribution in [0.3, 0.4) is 0 Å². The lowest BCUT2D eigenvalue weighted by Crippen LogP contribution is -2.50. The second-order valence-corrected chi connectivity index (χ2v) is 7.11. The first-order chi connectivity index (χ1) is 11.6. The molecule has 1 aromatic carbocycles. The zero-order valence-electron chi connectivity index (χ0n) is 13.6. The molecule has 1 aromatic rings. The molecule has 2 heterocycles. The van der Waals surface area contributed by atoms with E-state index in [-0.39, 0.29) is 36.9 Å². The molecule has 24 heavy (non-hydrogen) atoms. The second-order valence-electron chi connectivity index (χ2n) is 6.19. The third-order valence-corrected chi connectivity index (χ3v) is 5.09. The van der Waals surface area contributed by atoms with Crippen LogP contribution in [0.2, 0.25) is 0 Å². The molecule has 2 aliphatic rings. The number of carbonyl (C=O) groups excluding carboxylic acids is 2. The average Bonchev–Trinajstić information content (AvgIpc) is 3.14. The summed E-state index contributed by atoms with van der Waals surface area (Å²) in [6.07, 6.45) is 3.13. The number of hydrogen-bond donors (Lipinski definition) is 0. The first-order valence-corrected chi connectivity index (χ1v) is 9.26. The van der Waals surface area contributed by atoms with E-state index >= 15 is 0 Å². The summed E-state index contributed by atoms with van der Waals surface area (Å²) in [6, 6.07) is 7.22. The zero-order chi connectivity index (χ0) is 16.9. The number of rotatable bonds is 5. The van der Waals surface area contributed by atoms with Crippen LogP contribution in [0.1, 0.15) is 42.5 Å². The molecule has 2 fully saturated rings. The second kappa shape index (κ2) is 8.23. The Morgan fingerprint density at radius 2 is 1.79 bits per heavy atom. The minimum Gasteiger partial charge on any atom is -0.348 e. The Balaban J connectivity index is 1.56. The van der Waals surface area contributed by atoms with E-state index in [1.807, 2.05) is 17.0 Å². The Kier molecular flexibility index (Phi) is 6.03. The van der Waals surface area contributed by atoms with Crippen molar-refractivity contribution in [2.75, 3.05) is 19.8 Å². The summed E-state index contributed by atoms with van der Waals surface area (Å²) in [7, 11) is 0. The molecule has 1 unspecified atom stereocenters. The summed E-state index contributed by atoms with van der Waals surface area (Å²) >= 11 is 3.35. The molecule has 0 bridgehead atoms. The number of likely N-dealkylation sites (tertiary alicyclic amines) is 1. The van der Waals surface area contributed by atoms with E-state index in [9.17, 15) is 9.59 Å². The van der Waals surface area contributed by atoms with Crippen LogP contribution < -0.4 is 0 Å². The largest absolute Gasteiger partial charge is 0.348 e. The molecule has 0 aliphatic carbocycles. The van der Waals surface area contributed by atoms with Crippen LogP contribution in [0.4, 0.5) is 0 Å². The van der Waals surface area contributed by atoms with Crippen LogP contribution >= 0.6 is 15.9 Å². The van der Waals surface area contributed by atoms with Crippen LogP contribution in [0.15, 0.2) is 28.7 Å². The van der Waals surface area contributed by atoms with Crippen molar-refractivity contribution in [1.82, 2.24) is 4.90 Å². The van der Waals surface area contributed by atoms with Gasteiger partial charge in [-0.05, 0) is 31.4 Å². The standard InChI is InChI=1S/C18H22BrNO4/c19-14-6-4-13(5-7-14)16(21)8-9-17(22)20-10-2-1-3-15(20)18-23-11-12-24-18/h4-7,15,18H,1-3,8-12H2. The minimum atomic E-state index is -0.309. The maximum absolute atomic E-state index is 12.6. The van der Waals surface area contributed by atoms with Gasteiger partial charge in [0.05, 0.1) is 19.3 Å². The van der Waals surface area contributed by atoms with Gasteiger partial charge in [-0.15, -0.1) is 0 Å². The third-order valence-electron chi connectivity index (χ3n) is 4.56. The van der Waals surface area contributed by atoms with Crippen LogP contribution in [0.25, 0.3) is 0 Å². The molecule has 0 aromatic heterocycles. The van der Waals surface area contributed by atoms with Gasteiger partial charge >= 0.3 is 0 Å². The third kappa shape index (κ3) is 4.23. The van der Waals surface area contributed by atoms with Gasteiger partial charge in [0.15, 0.2) is 12.1 Å². The van der Waals surface area contributed by atoms with Gasteiger partial charge in [-0.25, -0.2) is 0 Å². The maximum atomic E-state index is 12.6.